The summed E-state index contributed by atoms with van der Waals surface area (Å²) in [7, 11) is -3.93. The smallest absolute Gasteiger partial charge is 0.239 e. The number of hydrogen-bond donors (Lipinski definition) is 1. The quantitative estimate of drug-likeness (QED) is 0.717. The third kappa shape index (κ3) is 5.16. The lowest BCUT2D eigenvalue weighted by Gasteiger charge is -2.12. The molecule has 2 aromatic rings. The van der Waals surface area contributed by atoms with Crippen LogP contribution in [0.1, 0.15) is 24.2 Å². The highest BCUT2D eigenvalue weighted by atomic mass is 32.2. The molecule has 0 aliphatic rings. The lowest BCUT2D eigenvalue weighted by molar-refractivity contribution is -0.113. The second-order valence-electron chi connectivity index (χ2n) is 5.69. The van der Waals surface area contributed by atoms with Crippen molar-refractivity contribution < 1.29 is 22.7 Å². The fourth-order valence-corrected chi connectivity index (χ4v) is 3.46. The van der Waals surface area contributed by atoms with E-state index in [1.807, 2.05) is 6.92 Å². The Morgan fingerprint density at radius 2 is 1.65 bits per heavy atom. The minimum Gasteiger partial charge on any atom is -0.494 e. The number of nitrogens with one attached hydrogen (secondary N) is 1. The number of benzene rings is 2. The molecule has 2 aromatic carbocycles. The van der Waals surface area contributed by atoms with Gasteiger partial charge in [-0.3, -0.25) is 9.59 Å². The van der Waals surface area contributed by atoms with Crippen molar-refractivity contribution >= 4 is 27.2 Å². The van der Waals surface area contributed by atoms with E-state index in [9.17, 15) is 18.0 Å². The molecule has 2 rings (SSSR count). The Labute approximate surface area is 153 Å². The lowest BCUT2D eigenvalue weighted by Crippen LogP contribution is -2.34. The van der Waals surface area contributed by atoms with E-state index in [1.54, 1.807) is 54.6 Å². The third-order valence-corrected chi connectivity index (χ3v) is 5.70. The van der Waals surface area contributed by atoms with Crippen molar-refractivity contribution in [1.82, 2.24) is 0 Å². The first-order valence-electron chi connectivity index (χ1n) is 8.17. The standard InChI is InChI=1S/C19H21NO5S/c1-3-25-17-11-9-16(10-12-17)20-18(21)13-26(23,24)14(2)19(22)15-7-5-4-6-8-15/h4-12,14H,3,13H2,1-2H3,(H,20,21). The van der Waals surface area contributed by atoms with Crippen LogP contribution in [0.3, 0.4) is 0 Å². The van der Waals surface area contributed by atoms with Gasteiger partial charge in [0.15, 0.2) is 15.6 Å². The van der Waals surface area contributed by atoms with Crippen LogP contribution in [0.5, 0.6) is 5.75 Å². The van der Waals surface area contributed by atoms with Crippen molar-refractivity contribution in [2.75, 3.05) is 17.7 Å². The summed E-state index contributed by atoms with van der Waals surface area (Å²) in [5, 5.41) is 1.22. The van der Waals surface area contributed by atoms with Crippen molar-refractivity contribution in [2.24, 2.45) is 0 Å². The molecule has 1 N–H and O–H groups in total. The molecular formula is C19H21NO5S. The van der Waals surface area contributed by atoms with Crippen molar-refractivity contribution in [2.45, 2.75) is 19.1 Å². The molecule has 1 unspecified atom stereocenters. The number of amides is 1. The molecule has 1 atom stereocenters. The lowest BCUT2D eigenvalue weighted by atomic mass is 10.1. The Balaban J connectivity index is 2.01. The summed E-state index contributed by atoms with van der Waals surface area (Å²) in [6, 6.07) is 14.7. The molecule has 0 fully saturated rings. The molecule has 0 radical (unpaired) electrons. The zero-order valence-corrected chi connectivity index (χ0v) is 15.5. The molecule has 0 aliphatic heterocycles. The number of rotatable bonds is 8. The third-order valence-electron chi connectivity index (χ3n) is 3.75. The van der Waals surface area contributed by atoms with Crippen molar-refractivity contribution in [1.29, 1.82) is 0 Å². The van der Waals surface area contributed by atoms with Crippen LogP contribution < -0.4 is 10.1 Å². The molecule has 0 bridgehead atoms. The zero-order chi connectivity index (χ0) is 19.2. The van der Waals surface area contributed by atoms with Gasteiger partial charge in [-0.05, 0) is 38.1 Å². The van der Waals surface area contributed by atoms with Crippen LogP contribution in [0.2, 0.25) is 0 Å². The van der Waals surface area contributed by atoms with E-state index < -0.39 is 32.5 Å². The number of anilines is 1. The van der Waals surface area contributed by atoms with E-state index in [4.69, 9.17) is 4.74 Å². The molecule has 138 valence electrons. The van der Waals surface area contributed by atoms with Crippen molar-refractivity contribution in [3.8, 4) is 5.75 Å². The highest BCUT2D eigenvalue weighted by Gasteiger charge is 2.30. The highest BCUT2D eigenvalue weighted by Crippen LogP contribution is 2.16. The van der Waals surface area contributed by atoms with Gasteiger partial charge in [-0.2, -0.15) is 0 Å². The van der Waals surface area contributed by atoms with Gasteiger partial charge in [-0.15, -0.1) is 0 Å². The number of hydrogen-bond acceptors (Lipinski definition) is 5. The molecular weight excluding hydrogens is 354 g/mol. The Kier molecular flexibility index (Phi) is 6.52. The minimum atomic E-state index is -3.93. The topological polar surface area (TPSA) is 89.5 Å². The van der Waals surface area contributed by atoms with Gasteiger partial charge in [0.25, 0.3) is 0 Å². The van der Waals surface area contributed by atoms with Crippen LogP contribution in [-0.2, 0) is 14.6 Å². The molecule has 6 nitrogen and oxygen atoms in total. The maximum Gasteiger partial charge on any atom is 0.239 e. The second kappa shape index (κ2) is 8.62. The largest absolute Gasteiger partial charge is 0.494 e. The van der Waals surface area contributed by atoms with Crippen molar-refractivity contribution in [3.05, 3.63) is 60.2 Å². The average Bonchev–Trinajstić information content (AvgIpc) is 2.62. The summed E-state index contributed by atoms with van der Waals surface area (Å²) in [5.41, 5.74) is 0.756. The van der Waals surface area contributed by atoms with Crippen LogP contribution in [0.15, 0.2) is 54.6 Å². The molecule has 26 heavy (non-hydrogen) atoms. The molecule has 0 heterocycles. The first kappa shape index (κ1) is 19.7. The van der Waals surface area contributed by atoms with E-state index in [1.165, 1.54) is 6.92 Å². The Hall–Kier alpha value is -2.67. The number of ether oxygens (including phenoxy) is 1. The number of carbonyl (C=O) groups excluding carboxylic acids is 2. The van der Waals surface area contributed by atoms with Crippen molar-refractivity contribution in [3.63, 3.8) is 0 Å². The minimum absolute atomic E-state index is 0.301. The highest BCUT2D eigenvalue weighted by molar-refractivity contribution is 7.93. The Morgan fingerprint density at radius 3 is 2.23 bits per heavy atom. The van der Waals surface area contributed by atoms with Gasteiger partial charge in [-0.1, -0.05) is 30.3 Å². The predicted molar refractivity (Wildman–Crippen MR) is 100 cm³/mol. The number of carbonyl (C=O) groups is 2. The van der Waals surface area contributed by atoms with Crippen LogP contribution in [0, 0.1) is 0 Å². The molecule has 7 heteroatoms. The molecule has 0 saturated carbocycles. The monoisotopic (exact) mass is 375 g/mol. The zero-order valence-electron chi connectivity index (χ0n) is 14.6. The first-order chi connectivity index (χ1) is 12.3. The summed E-state index contributed by atoms with van der Waals surface area (Å²) in [6.07, 6.45) is 0. The van der Waals surface area contributed by atoms with Gasteiger partial charge in [-0.25, -0.2) is 8.42 Å². The molecule has 0 saturated heterocycles. The normalized spacial score (nSPS) is 12.2. The molecule has 0 aromatic heterocycles. The molecule has 0 spiro atoms. The summed E-state index contributed by atoms with van der Waals surface area (Å²) in [5.74, 6) is -1.33. The van der Waals surface area contributed by atoms with Gasteiger partial charge < -0.3 is 10.1 Å². The van der Waals surface area contributed by atoms with E-state index in [0.29, 0.717) is 23.6 Å². The summed E-state index contributed by atoms with van der Waals surface area (Å²) < 4.78 is 30.1. The van der Waals surface area contributed by atoms with E-state index in [2.05, 4.69) is 5.32 Å². The fourth-order valence-electron chi connectivity index (χ4n) is 2.31. The summed E-state index contributed by atoms with van der Waals surface area (Å²) in [4.78, 5) is 24.4. The second-order valence-corrected chi connectivity index (χ2v) is 8.01. The van der Waals surface area contributed by atoms with E-state index >= 15 is 0 Å². The number of sulfone groups is 1. The molecule has 0 aliphatic carbocycles. The van der Waals surface area contributed by atoms with Gasteiger partial charge in [0.05, 0.1) is 6.61 Å². The summed E-state index contributed by atoms with van der Waals surface area (Å²) >= 11 is 0. The maximum atomic E-state index is 12.4. The number of ketones is 1. The summed E-state index contributed by atoms with van der Waals surface area (Å²) in [6.45, 7) is 3.69. The Morgan fingerprint density at radius 1 is 1.04 bits per heavy atom. The Bertz CT molecular complexity index is 861. The van der Waals surface area contributed by atoms with E-state index in [0.717, 1.165) is 0 Å². The molecule has 1 amide bonds. The van der Waals surface area contributed by atoms with Gasteiger partial charge >= 0.3 is 0 Å². The number of Topliss-reactive ketones (excluding diaryl/α,β-unsaturated/α-hetero) is 1. The average molecular weight is 375 g/mol. The maximum absolute atomic E-state index is 12.4. The van der Waals surface area contributed by atoms with Gasteiger partial charge in [0, 0.05) is 11.3 Å². The van der Waals surface area contributed by atoms with Gasteiger partial charge in [0.1, 0.15) is 16.8 Å². The first-order valence-corrected chi connectivity index (χ1v) is 9.88. The van der Waals surface area contributed by atoms with E-state index in [-0.39, 0.29) is 0 Å². The van der Waals surface area contributed by atoms with Gasteiger partial charge in [0.2, 0.25) is 5.91 Å². The fraction of sp³-hybridized carbons (Fsp3) is 0.263. The SMILES string of the molecule is CCOc1ccc(NC(=O)CS(=O)(=O)C(C)C(=O)c2ccccc2)cc1. The van der Waals surface area contributed by atoms with Crippen LogP contribution in [0.4, 0.5) is 5.69 Å². The predicted octanol–water partition coefficient (Wildman–Crippen LogP) is 2.71. The van der Waals surface area contributed by atoms with Crippen LogP contribution >= 0.6 is 0 Å². The van der Waals surface area contributed by atoms with Crippen LogP contribution in [-0.4, -0.2) is 37.7 Å². The van der Waals surface area contributed by atoms with Crippen LogP contribution in [0.25, 0.3) is 0 Å².